The summed E-state index contributed by atoms with van der Waals surface area (Å²) >= 11 is 0. The van der Waals surface area contributed by atoms with Crippen LogP contribution in [0.5, 0.6) is 0 Å². The molecule has 3 aromatic carbocycles. The first-order chi connectivity index (χ1) is 15.8. The highest BCUT2D eigenvalue weighted by Gasteiger charge is 2.32. The largest absolute Gasteiger partial charge is 0.295 e. The number of Topliss-reactive ketones (excluding diaryl/α,β-unsaturated/α-hetero) is 1. The maximum atomic E-state index is 13.5. The minimum Gasteiger partial charge on any atom is -0.295 e. The van der Waals surface area contributed by atoms with Crippen molar-refractivity contribution in [2.75, 3.05) is 26.2 Å². The summed E-state index contributed by atoms with van der Waals surface area (Å²) in [6.07, 6.45) is 0. The summed E-state index contributed by atoms with van der Waals surface area (Å²) in [4.78, 5) is 13.7. The number of carbonyl (C=O) groups is 1. The molecule has 1 aliphatic heterocycles. The van der Waals surface area contributed by atoms with Gasteiger partial charge in [-0.15, -0.1) is 0 Å². The molecule has 0 aliphatic carbocycles. The predicted molar refractivity (Wildman–Crippen MR) is 121 cm³/mol. The number of carbonyl (C=O) groups excluding carboxylic acids is 1. The lowest BCUT2D eigenvalue weighted by molar-refractivity contribution is 0.101. The van der Waals surface area contributed by atoms with Gasteiger partial charge in [-0.25, -0.2) is 17.2 Å². The van der Waals surface area contributed by atoms with Crippen molar-refractivity contribution in [2.24, 2.45) is 0 Å². The van der Waals surface area contributed by atoms with E-state index in [2.05, 4.69) is 4.90 Å². The standard InChI is InChI=1S/C25H24F2N2O3S/c1-18(30)19-6-12-24(13-7-19)33(31,32)29-16-14-28(15-17-29)25(20-2-8-22(26)9-3-20)21-4-10-23(27)11-5-21/h2-13,25H,14-17H2,1H3. The lowest BCUT2D eigenvalue weighted by Crippen LogP contribution is -2.49. The van der Waals surface area contributed by atoms with Gasteiger partial charge in [0.05, 0.1) is 10.9 Å². The number of rotatable bonds is 6. The third-order valence-electron chi connectivity index (χ3n) is 5.91. The molecule has 3 aromatic rings. The maximum absolute atomic E-state index is 13.5. The van der Waals surface area contributed by atoms with E-state index in [9.17, 15) is 22.0 Å². The summed E-state index contributed by atoms with van der Waals surface area (Å²) in [5.41, 5.74) is 2.15. The highest BCUT2D eigenvalue weighted by Crippen LogP contribution is 2.31. The Kier molecular flexibility index (Phi) is 6.69. The molecular weight excluding hydrogens is 446 g/mol. The van der Waals surface area contributed by atoms with Gasteiger partial charge in [-0.2, -0.15) is 4.31 Å². The van der Waals surface area contributed by atoms with E-state index >= 15 is 0 Å². The van der Waals surface area contributed by atoms with E-state index in [1.54, 1.807) is 24.3 Å². The predicted octanol–water partition coefficient (Wildman–Crippen LogP) is 4.26. The molecule has 0 atom stereocenters. The van der Waals surface area contributed by atoms with E-state index in [4.69, 9.17) is 0 Å². The molecule has 0 saturated carbocycles. The van der Waals surface area contributed by atoms with Gasteiger partial charge in [0.15, 0.2) is 5.78 Å². The monoisotopic (exact) mass is 470 g/mol. The quantitative estimate of drug-likeness (QED) is 0.505. The van der Waals surface area contributed by atoms with Gasteiger partial charge in [-0.05, 0) is 54.4 Å². The van der Waals surface area contributed by atoms with Crippen molar-refractivity contribution in [1.29, 1.82) is 0 Å². The van der Waals surface area contributed by atoms with Crippen molar-refractivity contribution >= 4 is 15.8 Å². The van der Waals surface area contributed by atoms with Crippen LogP contribution in [0, 0.1) is 11.6 Å². The first kappa shape index (κ1) is 23.2. The molecule has 1 fully saturated rings. The van der Waals surface area contributed by atoms with Gasteiger partial charge < -0.3 is 0 Å². The Hall–Kier alpha value is -2.94. The number of piperazine rings is 1. The number of halogens is 2. The van der Waals surface area contributed by atoms with Crippen molar-refractivity contribution in [3.8, 4) is 0 Å². The molecule has 33 heavy (non-hydrogen) atoms. The van der Waals surface area contributed by atoms with E-state index in [0.29, 0.717) is 18.7 Å². The highest BCUT2D eigenvalue weighted by atomic mass is 32.2. The molecule has 0 unspecified atom stereocenters. The van der Waals surface area contributed by atoms with Gasteiger partial charge in [0.2, 0.25) is 10.0 Å². The van der Waals surface area contributed by atoms with Crippen LogP contribution in [-0.2, 0) is 10.0 Å². The van der Waals surface area contributed by atoms with Crippen LogP contribution in [-0.4, -0.2) is 49.6 Å². The van der Waals surface area contributed by atoms with Crippen molar-refractivity contribution in [1.82, 2.24) is 9.21 Å². The zero-order valence-electron chi connectivity index (χ0n) is 18.1. The van der Waals surface area contributed by atoms with Gasteiger partial charge in [0.1, 0.15) is 11.6 Å². The molecule has 5 nitrogen and oxygen atoms in total. The van der Waals surface area contributed by atoms with Gasteiger partial charge in [0.25, 0.3) is 0 Å². The molecule has 0 aromatic heterocycles. The molecule has 4 rings (SSSR count). The number of sulfonamides is 1. The van der Waals surface area contributed by atoms with Crippen LogP contribution in [0.2, 0.25) is 0 Å². The molecule has 1 saturated heterocycles. The lowest BCUT2D eigenvalue weighted by atomic mass is 9.96. The fourth-order valence-electron chi connectivity index (χ4n) is 4.12. The summed E-state index contributed by atoms with van der Waals surface area (Å²) in [5.74, 6) is -0.813. The van der Waals surface area contributed by atoms with Gasteiger partial charge >= 0.3 is 0 Å². The van der Waals surface area contributed by atoms with Crippen molar-refractivity contribution < 1.29 is 22.0 Å². The van der Waals surface area contributed by atoms with Crippen LogP contribution in [0.25, 0.3) is 0 Å². The second-order valence-corrected chi connectivity index (χ2v) is 9.96. The summed E-state index contributed by atoms with van der Waals surface area (Å²) in [6.45, 7) is 2.88. The van der Waals surface area contributed by atoms with Crippen molar-refractivity contribution in [3.05, 3.63) is 101 Å². The SMILES string of the molecule is CC(=O)c1ccc(S(=O)(=O)N2CCN(C(c3ccc(F)cc3)c3ccc(F)cc3)CC2)cc1. The van der Waals surface area contributed by atoms with E-state index in [-0.39, 0.29) is 41.4 Å². The number of ketones is 1. The molecule has 0 bridgehead atoms. The first-order valence-corrected chi connectivity index (χ1v) is 12.1. The molecule has 0 amide bonds. The third-order valence-corrected chi connectivity index (χ3v) is 7.82. The zero-order chi connectivity index (χ0) is 23.6. The van der Waals surface area contributed by atoms with Crippen LogP contribution in [0.4, 0.5) is 8.78 Å². The maximum Gasteiger partial charge on any atom is 0.243 e. The summed E-state index contributed by atoms with van der Waals surface area (Å²) in [7, 11) is -3.70. The van der Waals surface area contributed by atoms with Crippen molar-refractivity contribution in [3.63, 3.8) is 0 Å². The first-order valence-electron chi connectivity index (χ1n) is 10.6. The number of hydrogen-bond acceptors (Lipinski definition) is 4. The van der Waals surface area contributed by atoms with Gasteiger partial charge in [-0.3, -0.25) is 9.69 Å². The van der Waals surface area contributed by atoms with Crippen LogP contribution >= 0.6 is 0 Å². The second-order valence-electron chi connectivity index (χ2n) is 8.03. The van der Waals surface area contributed by atoms with Gasteiger partial charge in [0, 0.05) is 31.7 Å². The molecule has 0 radical (unpaired) electrons. The molecule has 0 spiro atoms. The Balaban J connectivity index is 1.55. The lowest BCUT2D eigenvalue weighted by Gasteiger charge is -2.39. The molecule has 172 valence electrons. The summed E-state index contributed by atoms with van der Waals surface area (Å²) in [6, 6.07) is 18.0. The van der Waals surface area contributed by atoms with Gasteiger partial charge in [-0.1, -0.05) is 36.4 Å². The fraction of sp³-hybridized carbons (Fsp3) is 0.240. The average Bonchev–Trinajstić information content (AvgIpc) is 2.82. The third kappa shape index (κ3) is 5.03. The zero-order valence-corrected chi connectivity index (χ0v) is 18.9. The minimum atomic E-state index is -3.70. The van der Waals surface area contributed by atoms with E-state index < -0.39 is 10.0 Å². The Morgan fingerprint density at radius 2 is 1.21 bits per heavy atom. The minimum absolute atomic E-state index is 0.125. The summed E-state index contributed by atoms with van der Waals surface area (Å²) in [5, 5.41) is 0. The van der Waals surface area contributed by atoms with Crippen LogP contribution in [0.3, 0.4) is 0 Å². The molecule has 0 N–H and O–H groups in total. The fourth-order valence-corrected chi connectivity index (χ4v) is 5.54. The Morgan fingerprint density at radius 1 is 0.758 bits per heavy atom. The van der Waals surface area contributed by atoms with Crippen LogP contribution in [0.15, 0.2) is 77.7 Å². The van der Waals surface area contributed by atoms with Crippen LogP contribution < -0.4 is 0 Å². The molecular formula is C25H24F2N2O3S. The second kappa shape index (κ2) is 9.51. The smallest absolute Gasteiger partial charge is 0.243 e. The van der Waals surface area contributed by atoms with E-state index in [1.165, 1.54) is 59.8 Å². The number of hydrogen-bond donors (Lipinski definition) is 0. The Bertz CT molecular complexity index is 1170. The molecule has 8 heteroatoms. The van der Waals surface area contributed by atoms with E-state index in [1.807, 2.05) is 0 Å². The highest BCUT2D eigenvalue weighted by molar-refractivity contribution is 7.89. The number of nitrogens with zero attached hydrogens (tertiary/aromatic N) is 2. The molecule has 1 aliphatic rings. The normalized spacial score (nSPS) is 15.6. The van der Waals surface area contributed by atoms with Crippen molar-refractivity contribution in [2.45, 2.75) is 17.9 Å². The van der Waals surface area contributed by atoms with E-state index in [0.717, 1.165) is 11.1 Å². The average molecular weight is 471 g/mol. The molecule has 1 heterocycles. The Labute approximate surface area is 192 Å². The van der Waals surface area contributed by atoms with Crippen LogP contribution in [0.1, 0.15) is 34.5 Å². The summed E-state index contributed by atoms with van der Waals surface area (Å²) < 4.78 is 54.6. The Morgan fingerprint density at radius 3 is 1.64 bits per heavy atom. The topological polar surface area (TPSA) is 57.7 Å². The number of benzene rings is 3.